The molecule has 3 rings (SSSR count). The van der Waals surface area contributed by atoms with Gasteiger partial charge in [-0.3, -0.25) is 4.79 Å². The van der Waals surface area contributed by atoms with Gasteiger partial charge in [0, 0.05) is 17.8 Å². The van der Waals surface area contributed by atoms with E-state index in [1.165, 1.54) is 24.3 Å². The molecule has 3 amide bonds. The van der Waals surface area contributed by atoms with E-state index in [1.54, 1.807) is 18.2 Å². The smallest absolute Gasteiger partial charge is 0.319 e. The van der Waals surface area contributed by atoms with Gasteiger partial charge in [0.25, 0.3) is 5.91 Å². The number of anilines is 1. The topological polar surface area (TPSA) is 99.7 Å². The molecular formula is C22H24Cl2FN3O4. The Morgan fingerprint density at radius 3 is 2.53 bits per heavy atom. The van der Waals surface area contributed by atoms with Crippen molar-refractivity contribution in [2.75, 3.05) is 18.5 Å². The fraction of sp³-hybridized carbons (Fsp3) is 0.364. The van der Waals surface area contributed by atoms with Crippen molar-refractivity contribution in [1.82, 2.24) is 10.6 Å². The zero-order valence-corrected chi connectivity index (χ0v) is 18.6. The molecule has 4 N–H and O–H groups in total. The van der Waals surface area contributed by atoms with Gasteiger partial charge in [-0.15, -0.1) is 0 Å². The largest absolute Gasteiger partial charge is 0.394 e. The molecule has 172 valence electrons. The highest BCUT2D eigenvalue weighted by molar-refractivity contribution is 6.42. The van der Waals surface area contributed by atoms with Crippen LogP contribution in [-0.4, -0.2) is 48.4 Å². The molecule has 0 spiro atoms. The van der Waals surface area contributed by atoms with Gasteiger partial charge in [0.05, 0.1) is 28.8 Å². The molecule has 1 aliphatic heterocycles. The summed E-state index contributed by atoms with van der Waals surface area (Å²) in [5, 5.41) is 18.7. The van der Waals surface area contributed by atoms with E-state index in [9.17, 15) is 19.1 Å². The summed E-state index contributed by atoms with van der Waals surface area (Å²) >= 11 is 11.8. The summed E-state index contributed by atoms with van der Waals surface area (Å²) < 4.78 is 18.9. The molecular weight excluding hydrogens is 460 g/mol. The Morgan fingerprint density at radius 2 is 1.84 bits per heavy atom. The molecule has 2 aromatic rings. The van der Waals surface area contributed by atoms with Crippen molar-refractivity contribution >= 4 is 40.8 Å². The van der Waals surface area contributed by atoms with Crippen LogP contribution in [0.2, 0.25) is 10.0 Å². The Labute approximate surface area is 195 Å². The van der Waals surface area contributed by atoms with Crippen LogP contribution in [-0.2, 0) is 4.74 Å². The highest BCUT2D eigenvalue weighted by Gasteiger charge is 2.31. The first-order chi connectivity index (χ1) is 15.4. The molecule has 0 aliphatic carbocycles. The third-order valence-electron chi connectivity index (χ3n) is 5.15. The van der Waals surface area contributed by atoms with Crippen molar-refractivity contribution in [1.29, 1.82) is 0 Å². The number of carbonyl (C=O) groups is 2. The Balaban J connectivity index is 1.43. The Hall–Kier alpha value is -2.39. The maximum absolute atomic E-state index is 13.0. The molecule has 2 aromatic carbocycles. The van der Waals surface area contributed by atoms with Crippen molar-refractivity contribution < 1.29 is 23.8 Å². The number of nitrogens with one attached hydrogen (secondary N) is 3. The van der Waals surface area contributed by atoms with Gasteiger partial charge in [-0.2, -0.15) is 0 Å². The van der Waals surface area contributed by atoms with E-state index < -0.39 is 18.0 Å². The summed E-state index contributed by atoms with van der Waals surface area (Å²) in [5.74, 6) is -0.695. The van der Waals surface area contributed by atoms with Crippen molar-refractivity contribution in [2.45, 2.75) is 37.5 Å². The standard InChI is InChI=1S/C22H24Cl2FN3O4/c23-17-7-5-15(11-18(17)24)27-22(31)28-19-8-6-16(32-20(19)12-29)9-10-26-21(30)13-1-3-14(25)4-2-13/h1-5,7,11,16,19-20,29H,6,8-10,12H2,(H,26,30)(H2,27,28,31)/t16-,19+,20+/m0/s1. The molecule has 1 fully saturated rings. The molecule has 1 aliphatic rings. The second kappa shape index (κ2) is 11.5. The second-order valence-electron chi connectivity index (χ2n) is 7.44. The minimum atomic E-state index is -0.568. The van der Waals surface area contributed by atoms with E-state index in [2.05, 4.69) is 16.0 Å². The molecule has 1 heterocycles. The number of rotatable bonds is 7. The van der Waals surface area contributed by atoms with Crippen LogP contribution in [0.5, 0.6) is 0 Å². The van der Waals surface area contributed by atoms with E-state index >= 15 is 0 Å². The number of carbonyl (C=O) groups excluding carboxylic acids is 2. The molecule has 0 radical (unpaired) electrons. The number of hydrogen-bond acceptors (Lipinski definition) is 4. The lowest BCUT2D eigenvalue weighted by molar-refractivity contribution is -0.0886. The Morgan fingerprint density at radius 1 is 1.09 bits per heavy atom. The summed E-state index contributed by atoms with van der Waals surface area (Å²) in [6, 6.07) is 9.25. The SMILES string of the molecule is O=C(Nc1ccc(Cl)c(Cl)c1)N[C@@H]1CC[C@@H](CCNC(=O)c2ccc(F)cc2)O[C@@H]1CO. The highest BCUT2D eigenvalue weighted by Crippen LogP contribution is 2.25. The van der Waals surface area contributed by atoms with Crippen LogP contribution in [0.25, 0.3) is 0 Å². The first-order valence-corrected chi connectivity index (χ1v) is 10.9. The molecule has 0 aromatic heterocycles. The Bertz CT molecular complexity index is 945. The zero-order chi connectivity index (χ0) is 23.1. The van der Waals surface area contributed by atoms with Crippen LogP contribution in [0, 0.1) is 5.82 Å². The summed E-state index contributed by atoms with van der Waals surface area (Å²) in [4.78, 5) is 24.4. The molecule has 1 saturated heterocycles. The zero-order valence-electron chi connectivity index (χ0n) is 17.1. The molecule has 3 atom stereocenters. The van der Waals surface area contributed by atoms with E-state index in [0.29, 0.717) is 47.1 Å². The van der Waals surface area contributed by atoms with Gasteiger partial charge in [0.1, 0.15) is 11.9 Å². The van der Waals surface area contributed by atoms with Gasteiger partial charge in [-0.05, 0) is 61.7 Å². The van der Waals surface area contributed by atoms with Gasteiger partial charge in [0.15, 0.2) is 0 Å². The van der Waals surface area contributed by atoms with E-state index in [0.717, 1.165) is 0 Å². The van der Waals surface area contributed by atoms with Crippen molar-refractivity contribution in [2.24, 2.45) is 0 Å². The highest BCUT2D eigenvalue weighted by atomic mass is 35.5. The average Bonchev–Trinajstić information content (AvgIpc) is 2.77. The van der Waals surface area contributed by atoms with Gasteiger partial charge in [-0.1, -0.05) is 23.2 Å². The van der Waals surface area contributed by atoms with Crippen LogP contribution in [0.4, 0.5) is 14.9 Å². The number of ether oxygens (including phenoxy) is 1. The third kappa shape index (κ3) is 6.80. The molecule has 0 unspecified atom stereocenters. The maximum Gasteiger partial charge on any atom is 0.319 e. The molecule has 7 nitrogen and oxygen atoms in total. The molecule has 32 heavy (non-hydrogen) atoms. The number of aliphatic hydroxyl groups excluding tert-OH is 1. The lowest BCUT2D eigenvalue weighted by Gasteiger charge is -2.36. The van der Waals surface area contributed by atoms with Crippen molar-refractivity contribution in [3.8, 4) is 0 Å². The van der Waals surface area contributed by atoms with E-state index in [-0.39, 0.29) is 24.7 Å². The lowest BCUT2D eigenvalue weighted by Crippen LogP contribution is -2.52. The van der Waals surface area contributed by atoms with Crippen LogP contribution < -0.4 is 16.0 Å². The quantitative estimate of drug-likeness (QED) is 0.478. The monoisotopic (exact) mass is 483 g/mol. The van der Waals surface area contributed by atoms with Gasteiger partial charge in [-0.25, -0.2) is 9.18 Å². The van der Waals surface area contributed by atoms with Crippen LogP contribution in [0.1, 0.15) is 29.6 Å². The van der Waals surface area contributed by atoms with E-state index in [4.69, 9.17) is 27.9 Å². The Kier molecular flexibility index (Phi) is 8.69. The van der Waals surface area contributed by atoms with Crippen LogP contribution in [0.15, 0.2) is 42.5 Å². The maximum atomic E-state index is 13.0. The summed E-state index contributed by atoms with van der Waals surface area (Å²) in [5.41, 5.74) is 0.866. The third-order valence-corrected chi connectivity index (χ3v) is 5.89. The normalized spacial score (nSPS) is 20.4. The lowest BCUT2D eigenvalue weighted by atomic mass is 9.97. The second-order valence-corrected chi connectivity index (χ2v) is 8.26. The number of urea groups is 1. The predicted molar refractivity (Wildman–Crippen MR) is 121 cm³/mol. The van der Waals surface area contributed by atoms with Gasteiger partial charge in [0.2, 0.25) is 0 Å². The summed E-state index contributed by atoms with van der Waals surface area (Å²) in [6.45, 7) is 0.116. The number of aliphatic hydroxyl groups is 1. The fourth-order valence-electron chi connectivity index (χ4n) is 3.47. The van der Waals surface area contributed by atoms with Crippen molar-refractivity contribution in [3.63, 3.8) is 0 Å². The predicted octanol–water partition coefficient (Wildman–Crippen LogP) is 3.98. The van der Waals surface area contributed by atoms with Gasteiger partial charge < -0.3 is 25.8 Å². The van der Waals surface area contributed by atoms with Crippen molar-refractivity contribution in [3.05, 3.63) is 63.9 Å². The molecule has 0 bridgehead atoms. The minimum Gasteiger partial charge on any atom is -0.394 e. The van der Waals surface area contributed by atoms with Crippen LogP contribution >= 0.6 is 23.2 Å². The number of benzene rings is 2. The fourth-order valence-corrected chi connectivity index (χ4v) is 3.77. The van der Waals surface area contributed by atoms with Gasteiger partial charge >= 0.3 is 6.03 Å². The number of hydrogen-bond donors (Lipinski definition) is 4. The molecule has 0 saturated carbocycles. The molecule has 10 heteroatoms. The summed E-state index contributed by atoms with van der Waals surface area (Å²) in [7, 11) is 0. The average molecular weight is 484 g/mol. The minimum absolute atomic E-state index is 0.170. The first kappa shape index (κ1) is 24.3. The number of halogens is 3. The van der Waals surface area contributed by atoms with Crippen LogP contribution in [0.3, 0.4) is 0 Å². The first-order valence-electron chi connectivity index (χ1n) is 10.2. The summed E-state index contributed by atoms with van der Waals surface area (Å²) in [6.07, 6.45) is 1.07. The number of amides is 3. The van der Waals surface area contributed by atoms with E-state index in [1.807, 2.05) is 0 Å².